The van der Waals surface area contributed by atoms with E-state index in [-0.39, 0.29) is 17.4 Å². The van der Waals surface area contributed by atoms with E-state index >= 15 is 0 Å². The summed E-state index contributed by atoms with van der Waals surface area (Å²) in [7, 11) is 1.47. The first kappa shape index (κ1) is 23.0. The SMILES string of the molecule is COc1cc(-c2noc(-c3cnc(CC(C)C)c(C)c3)n2)cc(Cl)c1OCC(O)CO. The third-order valence-corrected chi connectivity index (χ3v) is 4.86. The van der Waals surface area contributed by atoms with Crippen molar-refractivity contribution in [3.05, 3.63) is 40.7 Å². The number of hydrogen-bond acceptors (Lipinski definition) is 8. The van der Waals surface area contributed by atoms with Crippen LogP contribution in [-0.4, -0.2) is 51.8 Å². The molecule has 0 aliphatic rings. The summed E-state index contributed by atoms with van der Waals surface area (Å²) in [5.74, 6) is 1.80. The van der Waals surface area contributed by atoms with Crippen molar-refractivity contribution < 1.29 is 24.2 Å². The molecule has 0 spiro atoms. The summed E-state index contributed by atoms with van der Waals surface area (Å²) in [6, 6.07) is 5.27. The molecule has 0 radical (unpaired) electrons. The molecule has 31 heavy (non-hydrogen) atoms. The van der Waals surface area contributed by atoms with E-state index in [4.69, 9.17) is 30.7 Å². The van der Waals surface area contributed by atoms with Crippen LogP contribution in [0.15, 0.2) is 28.9 Å². The molecule has 3 aromatic rings. The summed E-state index contributed by atoms with van der Waals surface area (Å²) in [5, 5.41) is 22.7. The van der Waals surface area contributed by atoms with Crippen LogP contribution in [0.1, 0.15) is 25.1 Å². The van der Waals surface area contributed by atoms with E-state index in [0.29, 0.717) is 28.9 Å². The monoisotopic (exact) mass is 447 g/mol. The molecule has 166 valence electrons. The van der Waals surface area contributed by atoms with Crippen molar-refractivity contribution in [3.8, 4) is 34.3 Å². The van der Waals surface area contributed by atoms with E-state index in [2.05, 4.69) is 29.0 Å². The van der Waals surface area contributed by atoms with Crippen LogP contribution >= 0.6 is 11.6 Å². The highest BCUT2D eigenvalue weighted by Gasteiger charge is 2.18. The molecule has 3 rings (SSSR count). The lowest BCUT2D eigenvalue weighted by atomic mass is 10.0. The normalized spacial score (nSPS) is 12.3. The second-order valence-electron chi connectivity index (χ2n) is 7.65. The Morgan fingerprint density at radius 1 is 1.19 bits per heavy atom. The van der Waals surface area contributed by atoms with Gasteiger partial charge in [0.15, 0.2) is 11.5 Å². The minimum Gasteiger partial charge on any atom is -0.493 e. The van der Waals surface area contributed by atoms with Crippen LogP contribution in [0.2, 0.25) is 5.02 Å². The lowest BCUT2D eigenvalue weighted by Gasteiger charge is -2.15. The molecule has 1 unspecified atom stereocenters. The first-order chi connectivity index (χ1) is 14.8. The number of halogens is 1. The molecule has 1 aromatic carbocycles. The van der Waals surface area contributed by atoms with Crippen LogP contribution in [0.3, 0.4) is 0 Å². The van der Waals surface area contributed by atoms with Crippen molar-refractivity contribution in [2.75, 3.05) is 20.3 Å². The third kappa shape index (κ3) is 5.52. The standard InChI is InChI=1S/C22H26ClN3O5/c1-12(2)5-18-13(3)6-15(9-24-18)22-25-21(26-31-22)14-7-17(23)20(19(8-14)29-4)30-11-16(28)10-27/h6-9,12,16,27-28H,5,10-11H2,1-4H3. The van der Waals surface area contributed by atoms with Crippen molar-refractivity contribution in [1.29, 1.82) is 0 Å². The van der Waals surface area contributed by atoms with Crippen molar-refractivity contribution in [3.63, 3.8) is 0 Å². The fraction of sp³-hybridized carbons (Fsp3) is 0.409. The van der Waals surface area contributed by atoms with Crippen molar-refractivity contribution in [2.45, 2.75) is 33.3 Å². The number of aryl methyl sites for hydroxylation is 1. The topological polar surface area (TPSA) is 111 Å². The van der Waals surface area contributed by atoms with Gasteiger partial charge in [-0.15, -0.1) is 0 Å². The molecule has 8 nitrogen and oxygen atoms in total. The van der Waals surface area contributed by atoms with E-state index in [9.17, 15) is 5.11 Å². The predicted octanol–water partition coefficient (Wildman–Crippen LogP) is 3.70. The Morgan fingerprint density at radius 3 is 2.61 bits per heavy atom. The number of rotatable bonds is 9. The number of aromatic nitrogens is 3. The van der Waals surface area contributed by atoms with Gasteiger partial charge in [0.25, 0.3) is 5.89 Å². The molecule has 0 amide bonds. The molecule has 0 saturated carbocycles. The van der Waals surface area contributed by atoms with Gasteiger partial charge >= 0.3 is 0 Å². The highest BCUT2D eigenvalue weighted by atomic mass is 35.5. The number of aliphatic hydroxyl groups is 2. The molecule has 2 aromatic heterocycles. The van der Waals surface area contributed by atoms with Gasteiger partial charge in [0, 0.05) is 17.5 Å². The predicted molar refractivity (Wildman–Crippen MR) is 116 cm³/mol. The van der Waals surface area contributed by atoms with E-state index in [1.165, 1.54) is 7.11 Å². The summed E-state index contributed by atoms with van der Waals surface area (Å²) in [5.41, 5.74) is 3.44. The fourth-order valence-electron chi connectivity index (χ4n) is 3.00. The molecule has 2 heterocycles. The molecule has 9 heteroatoms. The maximum Gasteiger partial charge on any atom is 0.259 e. The van der Waals surface area contributed by atoms with Gasteiger partial charge in [0.05, 0.1) is 24.3 Å². The molecule has 0 saturated heterocycles. The fourth-order valence-corrected chi connectivity index (χ4v) is 3.26. The molecule has 0 aliphatic heterocycles. The highest BCUT2D eigenvalue weighted by Crippen LogP contribution is 2.39. The van der Waals surface area contributed by atoms with Crippen LogP contribution in [0, 0.1) is 12.8 Å². The Labute approximate surface area is 185 Å². The van der Waals surface area contributed by atoms with Crippen LogP contribution in [0.5, 0.6) is 11.5 Å². The molecule has 0 bridgehead atoms. The maximum absolute atomic E-state index is 9.50. The molecule has 1 atom stereocenters. The van der Waals surface area contributed by atoms with Crippen LogP contribution < -0.4 is 9.47 Å². The number of methoxy groups -OCH3 is 1. The lowest BCUT2D eigenvalue weighted by molar-refractivity contribution is 0.0528. The van der Waals surface area contributed by atoms with E-state index in [1.54, 1.807) is 18.3 Å². The van der Waals surface area contributed by atoms with Gasteiger partial charge in [-0.3, -0.25) is 4.98 Å². The first-order valence-corrected chi connectivity index (χ1v) is 10.3. The van der Waals surface area contributed by atoms with E-state index in [0.717, 1.165) is 23.2 Å². The minimum absolute atomic E-state index is 0.128. The van der Waals surface area contributed by atoms with Gasteiger partial charge in [0.1, 0.15) is 12.7 Å². The second kappa shape index (κ2) is 10.1. The summed E-state index contributed by atoms with van der Waals surface area (Å²) in [6.07, 6.45) is 1.62. The summed E-state index contributed by atoms with van der Waals surface area (Å²) in [6.45, 7) is 5.78. The number of aliphatic hydroxyl groups excluding tert-OH is 2. The average Bonchev–Trinajstić information content (AvgIpc) is 3.23. The molecule has 2 N–H and O–H groups in total. The van der Waals surface area contributed by atoms with E-state index in [1.807, 2.05) is 13.0 Å². The Morgan fingerprint density at radius 2 is 1.97 bits per heavy atom. The van der Waals surface area contributed by atoms with Crippen LogP contribution in [0.4, 0.5) is 0 Å². The Balaban J connectivity index is 1.87. The molecular formula is C22H26ClN3O5. The average molecular weight is 448 g/mol. The minimum atomic E-state index is -1.02. The zero-order chi connectivity index (χ0) is 22.5. The zero-order valence-electron chi connectivity index (χ0n) is 17.9. The number of pyridine rings is 1. The van der Waals surface area contributed by atoms with Crippen molar-refractivity contribution in [2.24, 2.45) is 5.92 Å². The number of nitrogens with zero attached hydrogens (tertiary/aromatic N) is 3. The maximum atomic E-state index is 9.50. The quantitative estimate of drug-likeness (QED) is 0.510. The largest absolute Gasteiger partial charge is 0.493 e. The summed E-state index contributed by atoms with van der Waals surface area (Å²) in [4.78, 5) is 9.02. The number of ether oxygens (including phenoxy) is 2. The molecular weight excluding hydrogens is 422 g/mol. The van der Waals surface area contributed by atoms with E-state index < -0.39 is 12.7 Å². The van der Waals surface area contributed by atoms with Gasteiger partial charge in [-0.2, -0.15) is 4.98 Å². The van der Waals surface area contributed by atoms with Gasteiger partial charge in [-0.05, 0) is 43.0 Å². The smallest absolute Gasteiger partial charge is 0.259 e. The Bertz CT molecular complexity index is 1040. The first-order valence-electron chi connectivity index (χ1n) is 9.91. The highest BCUT2D eigenvalue weighted by molar-refractivity contribution is 6.32. The summed E-state index contributed by atoms with van der Waals surface area (Å²) >= 11 is 6.35. The Kier molecular flexibility index (Phi) is 7.48. The third-order valence-electron chi connectivity index (χ3n) is 4.58. The Hall–Kier alpha value is -2.68. The number of hydrogen-bond donors (Lipinski definition) is 2. The summed E-state index contributed by atoms with van der Waals surface area (Å²) < 4.78 is 16.3. The van der Waals surface area contributed by atoms with Crippen molar-refractivity contribution in [1.82, 2.24) is 15.1 Å². The zero-order valence-corrected chi connectivity index (χ0v) is 18.7. The molecule has 0 fully saturated rings. The van der Waals surface area contributed by atoms with Gasteiger partial charge in [-0.1, -0.05) is 30.6 Å². The van der Waals surface area contributed by atoms with Crippen molar-refractivity contribution >= 4 is 11.6 Å². The van der Waals surface area contributed by atoms with Gasteiger partial charge in [-0.25, -0.2) is 0 Å². The van der Waals surface area contributed by atoms with Crippen LogP contribution in [0.25, 0.3) is 22.8 Å². The second-order valence-corrected chi connectivity index (χ2v) is 8.05. The van der Waals surface area contributed by atoms with Gasteiger partial charge < -0.3 is 24.2 Å². The number of benzene rings is 1. The van der Waals surface area contributed by atoms with Crippen LogP contribution in [-0.2, 0) is 6.42 Å². The molecule has 0 aliphatic carbocycles. The lowest BCUT2D eigenvalue weighted by Crippen LogP contribution is -2.21. The van der Waals surface area contributed by atoms with Gasteiger partial charge in [0.2, 0.25) is 5.82 Å².